The monoisotopic (exact) mass is 380 g/mol. The Morgan fingerprint density at radius 3 is 2.39 bits per heavy atom. The summed E-state index contributed by atoms with van der Waals surface area (Å²) < 4.78 is 5.26. The van der Waals surface area contributed by atoms with Crippen molar-refractivity contribution < 1.29 is 19.1 Å². The Bertz CT molecular complexity index is 1170. The maximum absolute atomic E-state index is 12.7. The molecule has 2 heterocycles. The van der Waals surface area contributed by atoms with E-state index in [9.17, 15) is 19.2 Å². The lowest BCUT2D eigenvalue weighted by molar-refractivity contribution is 0.0311. The van der Waals surface area contributed by atoms with Crippen molar-refractivity contribution in [3.63, 3.8) is 0 Å². The summed E-state index contributed by atoms with van der Waals surface area (Å²) in [6, 6.07) is 8.36. The number of aryl methyl sites for hydroxylation is 1. The van der Waals surface area contributed by atoms with Gasteiger partial charge in [0.05, 0.1) is 5.69 Å². The van der Waals surface area contributed by atoms with E-state index in [1.807, 2.05) is 0 Å². The normalized spacial score (nSPS) is 12.0. The summed E-state index contributed by atoms with van der Waals surface area (Å²) in [7, 11) is 0. The fraction of sp³-hybridized carbons (Fsp3) is 0.238. The van der Waals surface area contributed by atoms with Crippen LogP contribution in [-0.2, 0) is 4.74 Å². The van der Waals surface area contributed by atoms with Gasteiger partial charge in [0.15, 0.2) is 11.9 Å². The van der Waals surface area contributed by atoms with Gasteiger partial charge in [0.2, 0.25) is 5.78 Å². The first-order chi connectivity index (χ1) is 13.2. The van der Waals surface area contributed by atoms with Crippen molar-refractivity contribution in [3.05, 3.63) is 68.9 Å². The van der Waals surface area contributed by atoms with E-state index in [-0.39, 0.29) is 17.2 Å². The molecular formula is C21H20N2O5. The van der Waals surface area contributed by atoms with Gasteiger partial charge >= 0.3 is 5.97 Å². The molecule has 0 fully saturated rings. The van der Waals surface area contributed by atoms with Crippen LogP contribution < -0.4 is 5.56 Å². The van der Waals surface area contributed by atoms with Crippen molar-refractivity contribution in [2.24, 2.45) is 0 Å². The van der Waals surface area contributed by atoms with Gasteiger partial charge in [-0.2, -0.15) is 0 Å². The zero-order valence-corrected chi connectivity index (χ0v) is 16.0. The molecule has 0 aliphatic rings. The van der Waals surface area contributed by atoms with E-state index in [1.54, 1.807) is 38.1 Å². The Balaban J connectivity index is 1.85. The number of aromatic amines is 2. The standard InChI is InChI=1S/C21H20N2O5/c1-10-17(12(3)24)11(2)22-18(10)19(25)13(4)28-21(27)16-9-14-7-5-6-8-15(14)20(26)23-16/h5-9,13,22H,1-4H3,(H,23,26). The molecule has 0 aliphatic heterocycles. The summed E-state index contributed by atoms with van der Waals surface area (Å²) in [5, 5.41) is 1.05. The number of H-pyrrole nitrogens is 2. The van der Waals surface area contributed by atoms with Crippen LogP contribution >= 0.6 is 0 Å². The van der Waals surface area contributed by atoms with Crippen molar-refractivity contribution in [2.45, 2.75) is 33.8 Å². The van der Waals surface area contributed by atoms with Crippen molar-refractivity contribution in [1.29, 1.82) is 0 Å². The van der Waals surface area contributed by atoms with Crippen LogP contribution in [0.4, 0.5) is 0 Å². The number of benzene rings is 1. The molecule has 0 radical (unpaired) electrons. The minimum atomic E-state index is -1.10. The molecule has 3 aromatic rings. The van der Waals surface area contributed by atoms with Crippen LogP contribution in [0.3, 0.4) is 0 Å². The molecule has 3 rings (SSSR count). The van der Waals surface area contributed by atoms with Crippen molar-refractivity contribution in [3.8, 4) is 0 Å². The number of hydrogen-bond acceptors (Lipinski definition) is 5. The highest BCUT2D eigenvalue weighted by molar-refractivity contribution is 6.05. The second-order valence-electron chi connectivity index (χ2n) is 6.69. The van der Waals surface area contributed by atoms with Gasteiger partial charge in [-0.3, -0.25) is 14.4 Å². The average Bonchev–Trinajstić information content (AvgIpc) is 2.95. The fourth-order valence-corrected chi connectivity index (χ4v) is 3.33. The Hall–Kier alpha value is -3.48. The lowest BCUT2D eigenvalue weighted by Crippen LogP contribution is -2.26. The molecule has 144 valence electrons. The number of carbonyl (C=O) groups excluding carboxylic acids is 3. The number of esters is 1. The highest BCUT2D eigenvalue weighted by Gasteiger charge is 2.26. The summed E-state index contributed by atoms with van der Waals surface area (Å²) in [5.74, 6) is -1.41. The Kier molecular flexibility index (Phi) is 5.00. The maximum Gasteiger partial charge on any atom is 0.355 e. The van der Waals surface area contributed by atoms with Gasteiger partial charge in [-0.15, -0.1) is 0 Å². The van der Waals surface area contributed by atoms with E-state index in [0.717, 1.165) is 0 Å². The number of ketones is 2. The summed E-state index contributed by atoms with van der Waals surface area (Å²) in [6.45, 7) is 6.25. The maximum atomic E-state index is 12.7. The largest absolute Gasteiger partial charge is 0.450 e. The third kappa shape index (κ3) is 3.38. The van der Waals surface area contributed by atoms with Crippen LogP contribution in [-0.4, -0.2) is 33.6 Å². The van der Waals surface area contributed by atoms with Gasteiger partial charge in [0.25, 0.3) is 5.56 Å². The van der Waals surface area contributed by atoms with E-state index < -0.39 is 23.4 Å². The van der Waals surface area contributed by atoms with Gasteiger partial charge in [-0.25, -0.2) is 4.79 Å². The molecule has 0 saturated heterocycles. The van der Waals surface area contributed by atoms with E-state index in [4.69, 9.17) is 4.74 Å². The molecule has 0 spiro atoms. The second kappa shape index (κ2) is 7.26. The summed E-state index contributed by atoms with van der Waals surface area (Å²) in [4.78, 5) is 54.4. The fourth-order valence-electron chi connectivity index (χ4n) is 3.33. The Labute approximate surface area is 160 Å². The number of carbonyl (C=O) groups is 3. The van der Waals surface area contributed by atoms with E-state index in [2.05, 4.69) is 9.97 Å². The zero-order chi connectivity index (χ0) is 20.6. The lowest BCUT2D eigenvalue weighted by atomic mass is 10.0. The number of fused-ring (bicyclic) bond motifs is 1. The van der Waals surface area contributed by atoms with E-state index >= 15 is 0 Å². The van der Waals surface area contributed by atoms with Crippen LogP contribution in [0.2, 0.25) is 0 Å². The molecule has 2 aromatic heterocycles. The SMILES string of the molecule is CC(=O)c1c(C)[nH]c(C(=O)C(C)OC(=O)c2cc3ccccc3c(=O)[nH]2)c1C. The average molecular weight is 380 g/mol. The summed E-state index contributed by atoms with van der Waals surface area (Å²) in [5.41, 5.74) is 1.36. The number of Topliss-reactive ketones (excluding diaryl/α,β-unsaturated/α-hetero) is 2. The zero-order valence-electron chi connectivity index (χ0n) is 16.0. The Morgan fingerprint density at radius 2 is 1.75 bits per heavy atom. The minimum absolute atomic E-state index is 0.0350. The molecule has 7 heteroatoms. The number of nitrogens with one attached hydrogen (secondary N) is 2. The molecule has 1 aromatic carbocycles. The van der Waals surface area contributed by atoms with Crippen molar-refractivity contribution in [2.75, 3.05) is 0 Å². The second-order valence-corrected chi connectivity index (χ2v) is 6.69. The van der Waals surface area contributed by atoms with Crippen molar-refractivity contribution >= 4 is 28.3 Å². The molecule has 1 atom stereocenters. The van der Waals surface area contributed by atoms with Crippen LogP contribution in [0, 0.1) is 13.8 Å². The van der Waals surface area contributed by atoms with Crippen molar-refractivity contribution in [1.82, 2.24) is 9.97 Å². The molecule has 0 aliphatic carbocycles. The Morgan fingerprint density at radius 1 is 1.07 bits per heavy atom. The lowest BCUT2D eigenvalue weighted by Gasteiger charge is -2.12. The predicted molar refractivity (Wildman–Crippen MR) is 104 cm³/mol. The molecule has 0 bridgehead atoms. The topological polar surface area (TPSA) is 109 Å². The molecule has 0 saturated carbocycles. The van der Waals surface area contributed by atoms with Gasteiger partial charge in [-0.05, 0) is 50.8 Å². The van der Waals surface area contributed by atoms with Crippen LogP contribution in [0.5, 0.6) is 0 Å². The van der Waals surface area contributed by atoms with E-state index in [1.165, 1.54) is 19.9 Å². The quantitative estimate of drug-likeness (QED) is 0.522. The van der Waals surface area contributed by atoms with Crippen LogP contribution in [0.1, 0.15) is 56.4 Å². The number of pyridine rings is 1. The third-order valence-corrected chi connectivity index (χ3v) is 4.66. The number of hydrogen-bond donors (Lipinski definition) is 2. The predicted octanol–water partition coefficient (Wildman–Crippen LogP) is 3.10. The van der Waals surface area contributed by atoms with Gasteiger partial charge in [0.1, 0.15) is 5.69 Å². The minimum Gasteiger partial charge on any atom is -0.450 e. The summed E-state index contributed by atoms with van der Waals surface area (Å²) in [6.07, 6.45) is -1.10. The first-order valence-corrected chi connectivity index (χ1v) is 8.78. The molecule has 1 unspecified atom stereocenters. The molecule has 0 amide bonds. The van der Waals surface area contributed by atoms with Crippen LogP contribution in [0.15, 0.2) is 35.1 Å². The third-order valence-electron chi connectivity index (χ3n) is 4.66. The molecule has 28 heavy (non-hydrogen) atoms. The summed E-state index contributed by atoms with van der Waals surface area (Å²) >= 11 is 0. The highest BCUT2D eigenvalue weighted by atomic mass is 16.5. The highest BCUT2D eigenvalue weighted by Crippen LogP contribution is 2.21. The smallest absolute Gasteiger partial charge is 0.355 e. The van der Waals surface area contributed by atoms with E-state index in [0.29, 0.717) is 27.6 Å². The first-order valence-electron chi connectivity index (χ1n) is 8.78. The number of rotatable bonds is 5. The molecular weight excluding hydrogens is 360 g/mol. The molecule has 2 N–H and O–H groups in total. The number of ether oxygens (including phenoxy) is 1. The van der Waals surface area contributed by atoms with Gasteiger partial charge in [0, 0.05) is 16.6 Å². The number of aromatic nitrogens is 2. The van der Waals surface area contributed by atoms with Gasteiger partial charge < -0.3 is 14.7 Å². The first kappa shape index (κ1) is 19.3. The molecule has 7 nitrogen and oxygen atoms in total. The van der Waals surface area contributed by atoms with Gasteiger partial charge in [-0.1, -0.05) is 18.2 Å². The van der Waals surface area contributed by atoms with Crippen LogP contribution in [0.25, 0.3) is 10.8 Å².